The van der Waals surface area contributed by atoms with E-state index in [-0.39, 0.29) is 42.6 Å². The predicted octanol–water partition coefficient (Wildman–Crippen LogP) is 6.34. The molecule has 2 aliphatic heterocycles. The highest BCUT2D eigenvalue weighted by molar-refractivity contribution is 5.96. The van der Waals surface area contributed by atoms with Crippen molar-refractivity contribution in [2.75, 3.05) is 27.3 Å². The van der Waals surface area contributed by atoms with Crippen LogP contribution in [0.15, 0.2) is 54.7 Å². The lowest BCUT2D eigenvalue weighted by Crippen LogP contribution is -2.62. The number of amides is 3. The number of fused-ring (bicyclic) bond motifs is 6. The monoisotopic (exact) mass is 820 g/mol. The average molecular weight is 821 g/mol. The van der Waals surface area contributed by atoms with Crippen LogP contribution in [-0.4, -0.2) is 93.7 Å². The maximum atomic E-state index is 14.5. The molecule has 1 aliphatic carbocycles. The fraction of sp³-hybridized carbons (Fsp3) is 0.511. The Morgan fingerprint density at radius 1 is 1.08 bits per heavy atom. The van der Waals surface area contributed by atoms with Crippen molar-refractivity contribution in [3.05, 3.63) is 71.5 Å². The van der Waals surface area contributed by atoms with E-state index in [4.69, 9.17) is 14.5 Å². The van der Waals surface area contributed by atoms with E-state index in [1.807, 2.05) is 39.0 Å². The number of hydrogen-bond donors (Lipinski definition) is 3. The molecule has 2 fully saturated rings. The molecule has 0 spiro atoms. The van der Waals surface area contributed by atoms with Crippen LogP contribution in [0.3, 0.4) is 0 Å². The number of methoxy groups -OCH3 is 1. The van der Waals surface area contributed by atoms with Gasteiger partial charge in [-0.15, -0.1) is 0 Å². The number of pyridine rings is 1. The van der Waals surface area contributed by atoms with Crippen molar-refractivity contribution in [3.63, 3.8) is 0 Å². The molecule has 4 heterocycles. The lowest BCUT2D eigenvalue weighted by molar-refractivity contribution is -0.155. The molecule has 3 aliphatic rings. The standard InChI is InChI=1S/C47H60N6O7/c1-9-52-39-17-16-31-24-35(39)36(42(52)34-12-10-18-48-40(34)28(4)59-8)25-47(5,6)26-60-46(58)37-13-11-19-53(50-37)45(57)38(22-29-20-32(31)23-33(54)21-29)49-43(55)41(27(2)3)51(7)44(56)30-14-15-30/h10,12,16-18,20-21,23-24,27-28,30,37-38,41,50,54H,9,11,13-15,19,22,25-26H2,1-8H3,(H,49,55)/t28-,37-,38-,41-/m0/s1. The summed E-state index contributed by atoms with van der Waals surface area (Å²) >= 11 is 0. The van der Waals surface area contributed by atoms with Crippen LogP contribution < -0.4 is 10.7 Å². The van der Waals surface area contributed by atoms with E-state index in [1.165, 1.54) is 9.91 Å². The van der Waals surface area contributed by atoms with Gasteiger partial charge < -0.3 is 29.4 Å². The van der Waals surface area contributed by atoms with Crippen molar-refractivity contribution in [1.82, 2.24) is 30.2 Å². The molecule has 60 heavy (non-hydrogen) atoms. The highest BCUT2D eigenvalue weighted by Crippen LogP contribution is 2.42. The number of rotatable bonds is 9. The second-order valence-electron chi connectivity index (χ2n) is 17.9. The quantitative estimate of drug-likeness (QED) is 0.164. The van der Waals surface area contributed by atoms with Crippen LogP contribution in [-0.2, 0) is 48.0 Å². The van der Waals surface area contributed by atoms with Gasteiger partial charge in [-0.05, 0) is 111 Å². The van der Waals surface area contributed by atoms with Gasteiger partial charge in [-0.1, -0.05) is 39.8 Å². The van der Waals surface area contributed by atoms with Gasteiger partial charge in [-0.25, -0.2) is 5.43 Å². The minimum atomic E-state index is -1.09. The number of hydrazine groups is 1. The first-order valence-electron chi connectivity index (χ1n) is 21.4. The molecule has 4 aromatic rings. The second kappa shape index (κ2) is 17.4. The van der Waals surface area contributed by atoms with Crippen LogP contribution in [0.1, 0.15) is 90.2 Å². The zero-order chi connectivity index (χ0) is 43.0. The van der Waals surface area contributed by atoms with Gasteiger partial charge in [-0.2, -0.15) is 0 Å². The summed E-state index contributed by atoms with van der Waals surface area (Å²) in [5.41, 5.74) is 9.75. The molecule has 1 saturated carbocycles. The van der Waals surface area contributed by atoms with Gasteiger partial charge in [0.2, 0.25) is 11.8 Å². The Bertz CT molecular complexity index is 2280. The predicted molar refractivity (Wildman–Crippen MR) is 229 cm³/mol. The van der Waals surface area contributed by atoms with Crippen LogP contribution in [0.2, 0.25) is 0 Å². The SMILES string of the molecule is CCn1c(-c2cccnc2[C@H](C)OC)c2c3cc(ccc31)-c1cc(O)cc(c1)C[C@H](NC(=O)[C@H](C(C)C)N(C)C(=O)C1CC1)C(=O)N1CCC[C@H](N1)C(=O)OCC(C)(C)C2. The summed E-state index contributed by atoms with van der Waals surface area (Å²) in [5, 5.41) is 16.7. The van der Waals surface area contributed by atoms with Crippen LogP contribution in [0, 0.1) is 17.3 Å². The van der Waals surface area contributed by atoms with E-state index in [0.717, 1.165) is 57.4 Å². The maximum absolute atomic E-state index is 14.5. The molecule has 3 N–H and O–H groups in total. The molecule has 0 radical (unpaired) electrons. The fourth-order valence-electron chi connectivity index (χ4n) is 9.00. The number of aryl methyl sites for hydroxylation is 1. The number of aromatic nitrogens is 2. The van der Waals surface area contributed by atoms with Gasteiger partial charge in [0.15, 0.2) is 0 Å². The number of carbonyl (C=O) groups is 4. The summed E-state index contributed by atoms with van der Waals surface area (Å²) in [4.78, 5) is 62.0. The van der Waals surface area contributed by atoms with Crippen molar-refractivity contribution in [3.8, 4) is 28.1 Å². The third kappa shape index (κ3) is 8.79. The Kier molecular flexibility index (Phi) is 12.4. The number of hydrogen-bond acceptors (Lipinski definition) is 9. The van der Waals surface area contributed by atoms with Crippen molar-refractivity contribution >= 4 is 34.6 Å². The molecule has 1 saturated heterocycles. The lowest BCUT2D eigenvalue weighted by Gasteiger charge is -2.36. The number of aromatic hydroxyl groups is 1. The number of carbonyl (C=O) groups excluding carboxylic acids is 4. The third-order valence-corrected chi connectivity index (χ3v) is 12.3. The lowest BCUT2D eigenvalue weighted by atomic mass is 9.84. The molecule has 2 aromatic heterocycles. The Labute approximate surface area is 352 Å². The summed E-state index contributed by atoms with van der Waals surface area (Å²) in [6.45, 7) is 13.2. The molecule has 13 nitrogen and oxygen atoms in total. The third-order valence-electron chi connectivity index (χ3n) is 12.3. The Balaban J connectivity index is 1.36. The number of esters is 1. The molecular formula is C47H60N6O7. The largest absolute Gasteiger partial charge is 0.508 e. The molecule has 320 valence electrons. The molecule has 13 heteroatoms. The minimum Gasteiger partial charge on any atom is -0.508 e. The normalized spacial score (nSPS) is 20.6. The molecular weight excluding hydrogens is 761 g/mol. The van der Waals surface area contributed by atoms with E-state index in [1.54, 1.807) is 32.5 Å². The van der Waals surface area contributed by atoms with E-state index in [9.17, 15) is 24.3 Å². The topological polar surface area (TPSA) is 155 Å². The molecule has 6 bridgehead atoms. The number of phenols is 1. The number of likely N-dealkylation sites (N-methyl/N-ethyl adjacent to an activating group) is 1. The first-order chi connectivity index (χ1) is 28.6. The number of benzene rings is 2. The van der Waals surface area contributed by atoms with Crippen LogP contribution in [0.5, 0.6) is 5.75 Å². The number of nitrogens with one attached hydrogen (secondary N) is 2. The van der Waals surface area contributed by atoms with Gasteiger partial charge >= 0.3 is 5.97 Å². The van der Waals surface area contributed by atoms with E-state index < -0.39 is 41.3 Å². The summed E-state index contributed by atoms with van der Waals surface area (Å²) in [7, 11) is 3.33. The molecule has 0 unspecified atom stereocenters. The summed E-state index contributed by atoms with van der Waals surface area (Å²) in [6.07, 6.45) is 4.74. The van der Waals surface area contributed by atoms with Gasteiger partial charge in [0.1, 0.15) is 23.9 Å². The Hall–Kier alpha value is -5.27. The van der Waals surface area contributed by atoms with Crippen molar-refractivity contribution in [1.29, 1.82) is 0 Å². The summed E-state index contributed by atoms with van der Waals surface area (Å²) < 4.78 is 14.2. The van der Waals surface area contributed by atoms with Crippen molar-refractivity contribution in [2.45, 2.75) is 111 Å². The van der Waals surface area contributed by atoms with E-state index in [2.05, 4.69) is 54.3 Å². The van der Waals surface area contributed by atoms with Gasteiger partial charge in [0.25, 0.3) is 5.91 Å². The van der Waals surface area contributed by atoms with E-state index in [0.29, 0.717) is 37.9 Å². The molecule has 2 aromatic carbocycles. The van der Waals surface area contributed by atoms with Crippen LogP contribution in [0.4, 0.5) is 0 Å². The number of cyclic esters (lactones) is 1. The first kappa shape index (κ1) is 42.8. The minimum absolute atomic E-state index is 0.0185. The first-order valence-corrected chi connectivity index (χ1v) is 21.4. The summed E-state index contributed by atoms with van der Waals surface area (Å²) in [5.74, 6) is -1.70. The number of nitrogens with zero attached hydrogens (tertiary/aromatic N) is 4. The smallest absolute Gasteiger partial charge is 0.324 e. The van der Waals surface area contributed by atoms with Crippen molar-refractivity contribution < 1.29 is 33.8 Å². The zero-order valence-electron chi connectivity index (χ0n) is 36.2. The molecule has 7 rings (SSSR count). The van der Waals surface area contributed by atoms with E-state index >= 15 is 0 Å². The second-order valence-corrected chi connectivity index (χ2v) is 17.9. The number of phenolic OH excluding ortho intramolecular Hbond substituents is 1. The van der Waals surface area contributed by atoms with Crippen LogP contribution >= 0.6 is 0 Å². The average Bonchev–Trinajstić information content (AvgIpc) is 4.04. The van der Waals surface area contributed by atoms with Gasteiger partial charge in [0.05, 0.1) is 24.1 Å². The van der Waals surface area contributed by atoms with Gasteiger partial charge in [-0.3, -0.25) is 29.2 Å². The number of ether oxygens (including phenoxy) is 2. The Morgan fingerprint density at radius 3 is 2.55 bits per heavy atom. The van der Waals surface area contributed by atoms with Crippen molar-refractivity contribution in [2.24, 2.45) is 17.3 Å². The Morgan fingerprint density at radius 2 is 1.85 bits per heavy atom. The zero-order valence-corrected chi connectivity index (χ0v) is 36.2. The maximum Gasteiger partial charge on any atom is 0.324 e. The summed E-state index contributed by atoms with van der Waals surface area (Å²) in [6, 6.07) is 12.9. The highest BCUT2D eigenvalue weighted by Gasteiger charge is 2.40. The van der Waals surface area contributed by atoms with Crippen LogP contribution in [0.25, 0.3) is 33.3 Å². The highest BCUT2D eigenvalue weighted by atomic mass is 16.5. The molecule has 4 atom stereocenters. The molecule has 3 amide bonds. The fourth-order valence-corrected chi connectivity index (χ4v) is 9.00. The van der Waals surface area contributed by atoms with Gasteiger partial charge in [0, 0.05) is 67.7 Å².